The van der Waals surface area contributed by atoms with Gasteiger partial charge in [-0.1, -0.05) is 140 Å². The minimum absolute atomic E-state index is 0.903. The molecule has 0 spiro atoms. The monoisotopic (exact) mass is 865 g/mol. The molecule has 68 heavy (non-hydrogen) atoms. The van der Waals surface area contributed by atoms with Gasteiger partial charge in [-0.05, 0) is 133 Å². The van der Waals surface area contributed by atoms with Crippen molar-refractivity contribution in [1.82, 2.24) is 24.9 Å². The van der Waals surface area contributed by atoms with E-state index in [0.717, 1.165) is 105 Å². The fourth-order valence-corrected chi connectivity index (χ4v) is 9.70. The Labute approximate surface area is 392 Å². The van der Waals surface area contributed by atoms with E-state index < -0.39 is 0 Å². The largest absolute Gasteiger partial charge is 0.265 e. The minimum Gasteiger partial charge on any atom is -0.265 e. The van der Waals surface area contributed by atoms with E-state index in [4.69, 9.17) is 15.0 Å². The highest BCUT2D eigenvalue weighted by Crippen LogP contribution is 2.39. The second kappa shape index (κ2) is 16.4. The highest BCUT2D eigenvalue weighted by molar-refractivity contribution is 6.16. The molecule has 0 aliphatic heterocycles. The van der Waals surface area contributed by atoms with Crippen molar-refractivity contribution >= 4 is 54.3 Å². The van der Waals surface area contributed by atoms with Gasteiger partial charge in [-0.15, -0.1) is 0 Å². The van der Waals surface area contributed by atoms with Gasteiger partial charge in [0.2, 0.25) is 0 Å². The summed E-state index contributed by atoms with van der Waals surface area (Å²) in [4.78, 5) is 24.3. The number of rotatable bonds is 7. The van der Waals surface area contributed by atoms with Crippen LogP contribution in [0.25, 0.3) is 133 Å². The molecule has 5 heterocycles. The lowest BCUT2D eigenvalue weighted by molar-refractivity contribution is 1.32. The van der Waals surface area contributed by atoms with E-state index in [2.05, 4.69) is 198 Å². The molecular formula is C63H39N5. The number of hydrogen-bond donors (Lipinski definition) is 0. The van der Waals surface area contributed by atoms with Gasteiger partial charge in [0.25, 0.3) is 0 Å². The van der Waals surface area contributed by atoms with Crippen LogP contribution < -0.4 is 0 Å². The average Bonchev–Trinajstić information content (AvgIpc) is 3.42. The Balaban J connectivity index is 0.878. The van der Waals surface area contributed by atoms with Crippen LogP contribution in [0.15, 0.2) is 237 Å². The van der Waals surface area contributed by atoms with Gasteiger partial charge in [-0.3, -0.25) is 9.97 Å². The van der Waals surface area contributed by atoms with Crippen LogP contribution in [0.3, 0.4) is 0 Å². The van der Waals surface area contributed by atoms with E-state index in [1.54, 1.807) is 0 Å². The van der Waals surface area contributed by atoms with Gasteiger partial charge >= 0.3 is 0 Å². The first-order chi connectivity index (χ1) is 33.6. The van der Waals surface area contributed by atoms with Crippen molar-refractivity contribution in [3.8, 4) is 78.3 Å². The smallest absolute Gasteiger partial charge is 0.0978 e. The molecule has 0 amide bonds. The Morgan fingerprint density at radius 3 is 1.40 bits per heavy atom. The van der Waals surface area contributed by atoms with E-state index in [1.807, 2.05) is 49.1 Å². The fourth-order valence-electron chi connectivity index (χ4n) is 9.70. The summed E-state index contributed by atoms with van der Waals surface area (Å²) in [5.74, 6) is 0. The molecule has 0 atom stereocenters. The molecule has 5 nitrogen and oxygen atoms in total. The van der Waals surface area contributed by atoms with Crippen LogP contribution in [0, 0.1) is 0 Å². The van der Waals surface area contributed by atoms with Gasteiger partial charge in [-0.25, -0.2) is 15.0 Å². The Kier molecular flexibility index (Phi) is 9.43. The van der Waals surface area contributed by atoms with Gasteiger partial charge in [0.1, 0.15) is 0 Å². The fraction of sp³-hybridized carbons (Fsp3) is 0. The first-order valence-electron chi connectivity index (χ1n) is 22.9. The van der Waals surface area contributed by atoms with Crippen molar-refractivity contribution in [2.75, 3.05) is 0 Å². The third-order valence-corrected chi connectivity index (χ3v) is 13.2. The van der Waals surface area contributed by atoms with Crippen LogP contribution in [0.5, 0.6) is 0 Å². The van der Waals surface area contributed by atoms with Crippen LogP contribution in [-0.2, 0) is 0 Å². The van der Waals surface area contributed by atoms with Crippen molar-refractivity contribution in [1.29, 1.82) is 0 Å². The average molecular weight is 866 g/mol. The van der Waals surface area contributed by atoms with Crippen LogP contribution in [-0.4, -0.2) is 24.9 Å². The normalized spacial score (nSPS) is 11.5. The molecule has 0 radical (unpaired) electrons. The van der Waals surface area contributed by atoms with Crippen LogP contribution in [0.2, 0.25) is 0 Å². The zero-order valence-corrected chi connectivity index (χ0v) is 36.8. The number of aromatic nitrogens is 5. The van der Waals surface area contributed by atoms with E-state index in [-0.39, 0.29) is 0 Å². The zero-order valence-electron chi connectivity index (χ0n) is 36.8. The molecule has 5 aromatic heterocycles. The number of para-hydroxylation sites is 1. The Hall–Kier alpha value is -9.19. The van der Waals surface area contributed by atoms with Gasteiger partial charge in [0, 0.05) is 63.2 Å². The topological polar surface area (TPSA) is 64.5 Å². The first-order valence-corrected chi connectivity index (χ1v) is 22.9. The summed E-state index contributed by atoms with van der Waals surface area (Å²) >= 11 is 0. The molecule has 0 N–H and O–H groups in total. The summed E-state index contributed by atoms with van der Waals surface area (Å²) < 4.78 is 0. The van der Waals surface area contributed by atoms with Crippen molar-refractivity contribution < 1.29 is 0 Å². The lowest BCUT2D eigenvalue weighted by atomic mass is 9.94. The molecule has 8 aromatic carbocycles. The zero-order chi connectivity index (χ0) is 45.0. The number of nitrogens with zero attached hydrogens (tertiary/aromatic N) is 5. The van der Waals surface area contributed by atoms with Crippen molar-refractivity contribution in [3.63, 3.8) is 0 Å². The number of pyridine rings is 5. The van der Waals surface area contributed by atoms with Gasteiger partial charge in [0.15, 0.2) is 0 Å². The number of hydrogen-bond acceptors (Lipinski definition) is 5. The molecular weight excluding hydrogens is 827 g/mol. The molecule has 0 aliphatic carbocycles. The molecule has 13 rings (SSSR count). The maximum Gasteiger partial charge on any atom is 0.0978 e. The maximum absolute atomic E-state index is 5.35. The molecule has 0 saturated carbocycles. The van der Waals surface area contributed by atoms with Gasteiger partial charge in [0.05, 0.1) is 33.6 Å². The standard InChI is InChI=1S/C63H39N5/c1-2-6-46(7-3-1)61-55-8-4-5-9-58(55)68-63-56(61)24-22-47-23-25-57(67-62(47)63)51-21-20-49-34-52-36-50(19-18-48(52)35-53(49)37-51)54-38-59(44-14-10-40(11-15-44)42-26-30-64-31-27-42)66-60(39-54)45-16-12-41(13-17-45)43-28-32-65-33-29-43/h1-39H. The van der Waals surface area contributed by atoms with E-state index in [1.165, 1.54) is 27.3 Å². The molecule has 13 aromatic rings. The van der Waals surface area contributed by atoms with E-state index >= 15 is 0 Å². The van der Waals surface area contributed by atoms with Crippen LogP contribution in [0.1, 0.15) is 0 Å². The second-order valence-electron chi connectivity index (χ2n) is 17.3. The summed E-state index contributed by atoms with van der Waals surface area (Å²) in [6, 6.07) is 75.6. The molecule has 5 heteroatoms. The maximum atomic E-state index is 5.35. The highest BCUT2D eigenvalue weighted by atomic mass is 14.8. The molecule has 0 unspecified atom stereocenters. The quantitative estimate of drug-likeness (QED) is 0.118. The summed E-state index contributed by atoms with van der Waals surface area (Å²) in [5.41, 5.74) is 17.8. The van der Waals surface area contributed by atoms with E-state index in [9.17, 15) is 0 Å². The number of benzene rings is 8. The Bertz CT molecular complexity index is 3940. The molecule has 0 saturated heterocycles. The predicted octanol–water partition coefficient (Wildman–Crippen LogP) is 16.1. The minimum atomic E-state index is 0.903. The molecule has 0 aliphatic rings. The Morgan fingerprint density at radius 1 is 0.235 bits per heavy atom. The summed E-state index contributed by atoms with van der Waals surface area (Å²) in [7, 11) is 0. The third-order valence-electron chi connectivity index (χ3n) is 13.2. The summed E-state index contributed by atoms with van der Waals surface area (Å²) in [6.07, 6.45) is 7.32. The van der Waals surface area contributed by atoms with E-state index in [0.29, 0.717) is 0 Å². The molecule has 0 bridgehead atoms. The van der Waals surface area contributed by atoms with Gasteiger partial charge < -0.3 is 0 Å². The lowest BCUT2D eigenvalue weighted by Gasteiger charge is -2.13. The molecule has 0 fully saturated rings. The third kappa shape index (κ3) is 7.11. The highest BCUT2D eigenvalue weighted by Gasteiger charge is 2.16. The predicted molar refractivity (Wildman–Crippen MR) is 281 cm³/mol. The second-order valence-corrected chi connectivity index (χ2v) is 17.3. The van der Waals surface area contributed by atoms with Crippen LogP contribution in [0.4, 0.5) is 0 Å². The van der Waals surface area contributed by atoms with Crippen molar-refractivity contribution in [3.05, 3.63) is 237 Å². The SMILES string of the molecule is c1ccc(-c2c3ccccc3nc3c2ccc2ccc(-c4ccc5cc6cc(-c7cc(-c8ccc(-c9ccncc9)cc8)nc(-c8ccc(-c9ccncc9)cc8)c7)ccc6cc5c4)nc23)cc1. The van der Waals surface area contributed by atoms with Crippen molar-refractivity contribution in [2.45, 2.75) is 0 Å². The van der Waals surface area contributed by atoms with Gasteiger partial charge in [-0.2, -0.15) is 0 Å². The Morgan fingerprint density at radius 2 is 0.750 bits per heavy atom. The lowest BCUT2D eigenvalue weighted by Crippen LogP contribution is -1.93. The summed E-state index contributed by atoms with van der Waals surface area (Å²) in [6.45, 7) is 0. The molecule has 316 valence electrons. The van der Waals surface area contributed by atoms with Crippen LogP contribution >= 0.6 is 0 Å². The first kappa shape index (κ1) is 39.2. The van der Waals surface area contributed by atoms with Crippen molar-refractivity contribution in [2.24, 2.45) is 0 Å². The number of fused-ring (bicyclic) bond motifs is 6. The summed E-state index contributed by atoms with van der Waals surface area (Å²) in [5, 5.41) is 7.99.